The van der Waals surface area contributed by atoms with E-state index in [1.165, 1.54) is 0 Å². The summed E-state index contributed by atoms with van der Waals surface area (Å²) >= 11 is 3.39. The molecule has 0 unspecified atom stereocenters. The van der Waals surface area contributed by atoms with Crippen LogP contribution < -0.4 is 5.32 Å². The minimum Gasteiger partial charge on any atom is -0.481 e. The normalized spacial score (nSPS) is 13.6. The van der Waals surface area contributed by atoms with Gasteiger partial charge in [-0.25, -0.2) is 0 Å². The van der Waals surface area contributed by atoms with E-state index >= 15 is 0 Å². The number of carbonyl (C=O) groups is 3. The van der Waals surface area contributed by atoms with Crippen LogP contribution in [0.15, 0.2) is 39.9 Å². The van der Waals surface area contributed by atoms with Crippen molar-refractivity contribution in [2.24, 2.45) is 0 Å². The summed E-state index contributed by atoms with van der Waals surface area (Å²) in [5.74, 6) is -1.25. The SMILES string of the molecule is CCC(=O)O.CCC1=C(Cc2cccc(Br)c2)C(=O)NC1=O. The van der Waals surface area contributed by atoms with Crippen molar-refractivity contribution in [3.63, 3.8) is 0 Å². The molecular formula is C16H18BrNO4. The van der Waals surface area contributed by atoms with Crippen LogP contribution in [0.1, 0.15) is 32.3 Å². The molecule has 1 heterocycles. The summed E-state index contributed by atoms with van der Waals surface area (Å²) in [4.78, 5) is 32.5. The average molecular weight is 368 g/mol. The zero-order valence-corrected chi connectivity index (χ0v) is 14.1. The lowest BCUT2D eigenvalue weighted by molar-refractivity contribution is -0.136. The van der Waals surface area contributed by atoms with Crippen molar-refractivity contribution in [3.05, 3.63) is 45.4 Å². The zero-order chi connectivity index (χ0) is 16.7. The number of carboxylic acid groups (broad SMARTS) is 1. The summed E-state index contributed by atoms with van der Waals surface area (Å²) in [7, 11) is 0. The first-order chi connectivity index (χ1) is 10.4. The number of amides is 2. The number of carboxylic acids is 1. The van der Waals surface area contributed by atoms with E-state index in [0.717, 1.165) is 10.0 Å². The summed E-state index contributed by atoms with van der Waals surface area (Å²) < 4.78 is 0.971. The molecule has 2 rings (SSSR count). The number of halogens is 1. The van der Waals surface area contributed by atoms with Crippen molar-refractivity contribution in [2.75, 3.05) is 0 Å². The molecule has 2 amide bonds. The van der Waals surface area contributed by atoms with Crippen molar-refractivity contribution in [2.45, 2.75) is 33.1 Å². The van der Waals surface area contributed by atoms with Crippen molar-refractivity contribution < 1.29 is 19.5 Å². The first-order valence-electron chi connectivity index (χ1n) is 6.92. The fourth-order valence-electron chi connectivity index (χ4n) is 1.94. The number of aliphatic carboxylic acids is 1. The number of carbonyl (C=O) groups excluding carboxylic acids is 2. The van der Waals surface area contributed by atoms with Crippen LogP contribution in [-0.4, -0.2) is 22.9 Å². The topological polar surface area (TPSA) is 83.5 Å². The van der Waals surface area contributed by atoms with Crippen LogP contribution in [0.25, 0.3) is 0 Å². The number of hydrogen-bond acceptors (Lipinski definition) is 3. The zero-order valence-electron chi connectivity index (χ0n) is 12.5. The van der Waals surface area contributed by atoms with Crippen molar-refractivity contribution >= 4 is 33.7 Å². The van der Waals surface area contributed by atoms with Gasteiger partial charge in [0.2, 0.25) is 0 Å². The van der Waals surface area contributed by atoms with Crippen LogP contribution >= 0.6 is 15.9 Å². The molecule has 0 atom stereocenters. The third-order valence-electron chi connectivity index (χ3n) is 3.07. The Bertz CT molecular complexity index is 622. The molecule has 0 fully saturated rings. The Hall–Kier alpha value is -1.95. The number of rotatable bonds is 4. The second-order valence-corrected chi connectivity index (χ2v) is 5.56. The quantitative estimate of drug-likeness (QED) is 0.801. The summed E-state index contributed by atoms with van der Waals surface area (Å²) in [6, 6.07) is 7.75. The number of imide groups is 1. The lowest BCUT2D eigenvalue weighted by Crippen LogP contribution is -2.23. The first-order valence-corrected chi connectivity index (χ1v) is 7.72. The Balaban J connectivity index is 0.000000422. The monoisotopic (exact) mass is 367 g/mol. The van der Waals surface area contributed by atoms with E-state index in [1.807, 2.05) is 31.2 Å². The van der Waals surface area contributed by atoms with Gasteiger partial charge in [-0.3, -0.25) is 19.7 Å². The maximum absolute atomic E-state index is 11.6. The molecule has 2 N–H and O–H groups in total. The van der Waals surface area contributed by atoms with E-state index in [9.17, 15) is 14.4 Å². The van der Waals surface area contributed by atoms with Gasteiger partial charge in [0.15, 0.2) is 0 Å². The van der Waals surface area contributed by atoms with Crippen molar-refractivity contribution in [1.82, 2.24) is 5.32 Å². The Kier molecular flexibility index (Phi) is 6.98. The maximum Gasteiger partial charge on any atom is 0.303 e. The third kappa shape index (κ3) is 5.11. The fourth-order valence-corrected chi connectivity index (χ4v) is 2.39. The molecule has 22 heavy (non-hydrogen) atoms. The second-order valence-electron chi connectivity index (χ2n) is 4.65. The van der Waals surface area contributed by atoms with Crippen molar-refractivity contribution in [3.8, 4) is 0 Å². The molecule has 0 aromatic heterocycles. The van der Waals surface area contributed by atoms with Gasteiger partial charge in [0.05, 0.1) is 0 Å². The molecule has 0 saturated carbocycles. The number of benzene rings is 1. The summed E-state index contributed by atoms with van der Waals surface area (Å²) in [5, 5.41) is 10.1. The molecule has 1 aromatic rings. The molecule has 0 bridgehead atoms. The first kappa shape index (κ1) is 18.1. The summed E-state index contributed by atoms with van der Waals surface area (Å²) in [6.45, 7) is 3.48. The van der Waals surface area contributed by atoms with Gasteiger partial charge in [0.25, 0.3) is 11.8 Å². The standard InChI is InChI=1S/C13H12BrNO2.C3H6O2/c1-2-10-11(13(17)15-12(10)16)7-8-4-3-5-9(14)6-8;1-2-3(4)5/h3-6H,2,7H2,1H3,(H,15,16,17);2H2,1H3,(H,4,5). The fraction of sp³-hybridized carbons (Fsp3) is 0.312. The van der Waals surface area contributed by atoms with Crippen LogP contribution in [0.5, 0.6) is 0 Å². The number of nitrogens with one attached hydrogen (secondary N) is 1. The van der Waals surface area contributed by atoms with Gasteiger partial charge in [-0.1, -0.05) is 41.9 Å². The minimum atomic E-state index is -0.745. The highest BCUT2D eigenvalue weighted by molar-refractivity contribution is 9.10. The molecule has 1 aliphatic heterocycles. The van der Waals surface area contributed by atoms with Gasteiger partial charge >= 0.3 is 5.97 Å². The molecule has 0 spiro atoms. The highest BCUT2D eigenvalue weighted by atomic mass is 79.9. The van der Waals surface area contributed by atoms with Gasteiger partial charge in [0, 0.05) is 28.5 Å². The number of hydrogen-bond donors (Lipinski definition) is 2. The summed E-state index contributed by atoms with van der Waals surface area (Å²) in [6.07, 6.45) is 1.31. The Morgan fingerprint density at radius 3 is 2.27 bits per heavy atom. The van der Waals surface area contributed by atoms with Crippen LogP contribution in [0.4, 0.5) is 0 Å². The van der Waals surface area contributed by atoms with E-state index in [4.69, 9.17) is 5.11 Å². The van der Waals surface area contributed by atoms with Gasteiger partial charge in [0.1, 0.15) is 0 Å². The van der Waals surface area contributed by atoms with Crippen LogP contribution in [0, 0.1) is 0 Å². The average Bonchev–Trinajstić information content (AvgIpc) is 2.73. The van der Waals surface area contributed by atoms with Crippen molar-refractivity contribution in [1.29, 1.82) is 0 Å². The highest BCUT2D eigenvalue weighted by Gasteiger charge is 2.28. The van der Waals surface area contributed by atoms with Gasteiger partial charge in [-0.15, -0.1) is 0 Å². The van der Waals surface area contributed by atoms with Crippen LogP contribution in [-0.2, 0) is 20.8 Å². The molecule has 1 aliphatic rings. The Morgan fingerprint density at radius 2 is 1.77 bits per heavy atom. The van der Waals surface area contributed by atoms with Crippen LogP contribution in [0.3, 0.4) is 0 Å². The third-order valence-corrected chi connectivity index (χ3v) is 3.56. The molecule has 5 nitrogen and oxygen atoms in total. The Morgan fingerprint density at radius 1 is 1.18 bits per heavy atom. The maximum atomic E-state index is 11.6. The minimum absolute atomic E-state index is 0.222. The lowest BCUT2D eigenvalue weighted by Gasteiger charge is -2.03. The smallest absolute Gasteiger partial charge is 0.303 e. The predicted octanol–water partition coefficient (Wildman–Crippen LogP) is 2.84. The van der Waals surface area contributed by atoms with Crippen LogP contribution in [0.2, 0.25) is 0 Å². The lowest BCUT2D eigenvalue weighted by atomic mass is 10.0. The molecular weight excluding hydrogens is 350 g/mol. The molecule has 0 radical (unpaired) electrons. The van der Waals surface area contributed by atoms with Gasteiger partial charge < -0.3 is 5.11 Å². The summed E-state index contributed by atoms with van der Waals surface area (Å²) in [5.41, 5.74) is 2.22. The van der Waals surface area contributed by atoms with E-state index in [0.29, 0.717) is 24.0 Å². The molecule has 0 aliphatic carbocycles. The second kappa shape index (κ2) is 8.48. The van der Waals surface area contributed by atoms with E-state index < -0.39 is 5.97 Å². The van der Waals surface area contributed by atoms with E-state index in [-0.39, 0.29) is 18.2 Å². The largest absolute Gasteiger partial charge is 0.481 e. The molecule has 1 aromatic carbocycles. The van der Waals surface area contributed by atoms with E-state index in [2.05, 4.69) is 21.2 Å². The predicted molar refractivity (Wildman–Crippen MR) is 86.2 cm³/mol. The highest BCUT2D eigenvalue weighted by Crippen LogP contribution is 2.21. The molecule has 6 heteroatoms. The molecule has 118 valence electrons. The van der Waals surface area contributed by atoms with Gasteiger partial charge in [-0.2, -0.15) is 0 Å². The Labute approximate surface area is 137 Å². The van der Waals surface area contributed by atoms with Gasteiger partial charge in [-0.05, 0) is 24.1 Å². The molecule has 0 saturated heterocycles. The van der Waals surface area contributed by atoms with E-state index in [1.54, 1.807) is 6.92 Å².